The molecule has 0 saturated heterocycles. The molecule has 0 saturated carbocycles. The molecule has 0 radical (unpaired) electrons. The molecule has 116 valence electrons. The molecule has 7 heteroatoms. The van der Waals surface area contributed by atoms with Crippen LogP contribution in [0.25, 0.3) is 0 Å². The Labute approximate surface area is 134 Å². The third-order valence-electron chi connectivity index (χ3n) is 2.92. The van der Waals surface area contributed by atoms with Gasteiger partial charge < -0.3 is 15.5 Å². The van der Waals surface area contributed by atoms with Crippen LogP contribution in [-0.4, -0.2) is 38.0 Å². The van der Waals surface area contributed by atoms with Gasteiger partial charge in [-0.1, -0.05) is 29.3 Å². The zero-order valence-corrected chi connectivity index (χ0v) is 13.6. The van der Waals surface area contributed by atoms with E-state index in [4.69, 9.17) is 23.2 Å². The molecule has 2 amide bonds. The van der Waals surface area contributed by atoms with Gasteiger partial charge in [-0.25, -0.2) is 0 Å². The molecule has 1 aromatic rings. The van der Waals surface area contributed by atoms with E-state index < -0.39 is 0 Å². The predicted octanol–water partition coefficient (Wildman–Crippen LogP) is 0.973. The van der Waals surface area contributed by atoms with E-state index in [0.717, 1.165) is 4.90 Å². The van der Waals surface area contributed by atoms with Gasteiger partial charge in [-0.15, -0.1) is 0 Å². The highest BCUT2D eigenvalue weighted by atomic mass is 35.5. The molecular formula is C14H20Cl2N3O2+. The van der Waals surface area contributed by atoms with Gasteiger partial charge in [0.1, 0.15) is 0 Å². The van der Waals surface area contributed by atoms with Gasteiger partial charge in [0.15, 0.2) is 13.1 Å². The molecule has 0 aliphatic heterocycles. The summed E-state index contributed by atoms with van der Waals surface area (Å²) in [5.74, 6) is -0.275. The molecule has 21 heavy (non-hydrogen) atoms. The summed E-state index contributed by atoms with van der Waals surface area (Å²) in [5.41, 5.74) is 0.475. The largest absolute Gasteiger partial charge is 0.351 e. The quantitative estimate of drug-likeness (QED) is 0.696. The lowest BCUT2D eigenvalue weighted by Gasteiger charge is -2.17. The Morgan fingerprint density at radius 3 is 2.43 bits per heavy atom. The van der Waals surface area contributed by atoms with Crippen molar-refractivity contribution in [2.45, 2.75) is 13.8 Å². The first-order chi connectivity index (χ1) is 9.97. The van der Waals surface area contributed by atoms with E-state index >= 15 is 0 Å². The molecule has 0 fully saturated rings. The van der Waals surface area contributed by atoms with Crippen molar-refractivity contribution < 1.29 is 14.5 Å². The smallest absolute Gasteiger partial charge is 0.279 e. The number of quaternary nitrogens is 1. The molecule has 0 heterocycles. The fourth-order valence-electron chi connectivity index (χ4n) is 1.82. The first-order valence-electron chi connectivity index (χ1n) is 6.82. The Balaban J connectivity index is 2.58. The van der Waals surface area contributed by atoms with Gasteiger partial charge in [-0.2, -0.15) is 0 Å². The minimum atomic E-state index is -0.208. The summed E-state index contributed by atoms with van der Waals surface area (Å²) in [7, 11) is 0. The average Bonchev–Trinajstić information content (AvgIpc) is 2.43. The van der Waals surface area contributed by atoms with Crippen LogP contribution in [0, 0.1) is 0 Å². The van der Waals surface area contributed by atoms with E-state index in [2.05, 4.69) is 10.6 Å². The number of halogens is 2. The number of carbonyl (C=O) groups excluding carboxylic acids is 2. The number of carbonyl (C=O) groups is 2. The van der Waals surface area contributed by atoms with E-state index in [1.54, 1.807) is 18.2 Å². The van der Waals surface area contributed by atoms with Crippen molar-refractivity contribution >= 4 is 40.7 Å². The first-order valence-corrected chi connectivity index (χ1v) is 7.57. The maximum atomic E-state index is 12.0. The highest BCUT2D eigenvalue weighted by molar-refractivity contribution is 6.43. The lowest BCUT2D eigenvalue weighted by Crippen LogP contribution is -3.14. The summed E-state index contributed by atoms with van der Waals surface area (Å²) in [5, 5.41) is 6.13. The maximum Gasteiger partial charge on any atom is 0.279 e. The van der Waals surface area contributed by atoms with Crippen LogP contribution in [0.4, 0.5) is 5.69 Å². The van der Waals surface area contributed by atoms with Gasteiger partial charge in [0.25, 0.3) is 11.8 Å². The summed E-state index contributed by atoms with van der Waals surface area (Å²) in [6.45, 7) is 5.50. The fraction of sp³-hybridized carbons (Fsp3) is 0.429. The molecular weight excluding hydrogens is 313 g/mol. The molecule has 1 atom stereocenters. The summed E-state index contributed by atoms with van der Waals surface area (Å²) in [4.78, 5) is 24.4. The van der Waals surface area contributed by atoms with Crippen molar-refractivity contribution in [2.24, 2.45) is 0 Å². The number of hydrogen-bond donors (Lipinski definition) is 3. The molecule has 1 unspecified atom stereocenters. The normalized spacial score (nSPS) is 11.8. The van der Waals surface area contributed by atoms with Crippen LogP contribution >= 0.6 is 23.2 Å². The molecule has 0 spiro atoms. The Hall–Kier alpha value is -1.30. The van der Waals surface area contributed by atoms with Crippen LogP contribution < -0.4 is 15.5 Å². The Kier molecular flexibility index (Phi) is 7.50. The second-order valence-corrected chi connectivity index (χ2v) is 5.35. The second-order valence-electron chi connectivity index (χ2n) is 4.56. The summed E-state index contributed by atoms with van der Waals surface area (Å²) < 4.78 is 0. The summed E-state index contributed by atoms with van der Waals surface area (Å²) in [6.07, 6.45) is 0. The number of rotatable bonds is 7. The van der Waals surface area contributed by atoms with Crippen LogP contribution in [0.5, 0.6) is 0 Å². The highest BCUT2D eigenvalue weighted by Crippen LogP contribution is 2.29. The van der Waals surface area contributed by atoms with Crippen molar-refractivity contribution in [3.8, 4) is 0 Å². The Morgan fingerprint density at radius 1 is 1.14 bits per heavy atom. The lowest BCUT2D eigenvalue weighted by molar-refractivity contribution is -0.881. The van der Waals surface area contributed by atoms with Crippen molar-refractivity contribution in [3.05, 3.63) is 28.2 Å². The van der Waals surface area contributed by atoms with Crippen molar-refractivity contribution in [2.75, 3.05) is 31.5 Å². The number of likely N-dealkylation sites (N-methyl/N-ethyl adjacent to an activating group) is 2. The number of anilines is 1. The molecule has 1 rings (SSSR count). The van der Waals surface area contributed by atoms with E-state index in [1.807, 2.05) is 13.8 Å². The van der Waals surface area contributed by atoms with Gasteiger partial charge in [0.2, 0.25) is 0 Å². The third kappa shape index (κ3) is 5.91. The maximum absolute atomic E-state index is 12.0. The minimum Gasteiger partial charge on any atom is -0.351 e. The van der Waals surface area contributed by atoms with E-state index in [1.165, 1.54) is 0 Å². The number of amides is 2. The average molecular weight is 333 g/mol. The van der Waals surface area contributed by atoms with Crippen molar-refractivity contribution in [3.63, 3.8) is 0 Å². The standard InChI is InChI=1S/C14H19Cl2N3O2/c1-3-17-12(20)8-19(4-2)9-13(21)18-11-7-5-6-10(15)14(11)16/h5-7H,3-4,8-9H2,1-2H3,(H,17,20)(H,18,21)/p+1. The third-order valence-corrected chi connectivity index (χ3v) is 3.74. The van der Waals surface area contributed by atoms with E-state index in [0.29, 0.717) is 28.8 Å². The van der Waals surface area contributed by atoms with Crippen LogP contribution in [0.15, 0.2) is 18.2 Å². The van der Waals surface area contributed by atoms with Gasteiger partial charge in [-0.05, 0) is 26.0 Å². The van der Waals surface area contributed by atoms with Gasteiger partial charge in [0, 0.05) is 6.54 Å². The SMILES string of the molecule is CCNC(=O)C[NH+](CC)CC(=O)Nc1cccc(Cl)c1Cl. The second kappa shape index (κ2) is 8.87. The Morgan fingerprint density at radius 2 is 1.81 bits per heavy atom. The van der Waals surface area contributed by atoms with Crippen LogP contribution in [0.1, 0.15) is 13.8 Å². The predicted molar refractivity (Wildman–Crippen MR) is 85.0 cm³/mol. The molecule has 0 aliphatic rings. The molecule has 0 aromatic heterocycles. The molecule has 3 N–H and O–H groups in total. The number of hydrogen-bond acceptors (Lipinski definition) is 2. The van der Waals surface area contributed by atoms with Crippen molar-refractivity contribution in [1.29, 1.82) is 0 Å². The zero-order valence-electron chi connectivity index (χ0n) is 12.1. The molecule has 0 aliphatic carbocycles. The zero-order chi connectivity index (χ0) is 15.8. The minimum absolute atomic E-state index is 0.0667. The van der Waals surface area contributed by atoms with Gasteiger partial charge >= 0.3 is 0 Å². The van der Waals surface area contributed by atoms with Crippen LogP contribution in [0.2, 0.25) is 10.0 Å². The number of nitrogens with one attached hydrogen (secondary N) is 3. The van der Waals surface area contributed by atoms with E-state index in [-0.39, 0.29) is 24.9 Å². The summed E-state index contributed by atoms with van der Waals surface area (Å²) in [6, 6.07) is 5.04. The van der Waals surface area contributed by atoms with E-state index in [9.17, 15) is 9.59 Å². The number of benzene rings is 1. The molecule has 0 bridgehead atoms. The highest BCUT2D eigenvalue weighted by Gasteiger charge is 2.17. The van der Waals surface area contributed by atoms with Gasteiger partial charge in [0.05, 0.1) is 22.3 Å². The van der Waals surface area contributed by atoms with Crippen LogP contribution in [0.3, 0.4) is 0 Å². The molecule has 1 aromatic carbocycles. The molecule has 5 nitrogen and oxygen atoms in total. The topological polar surface area (TPSA) is 62.6 Å². The van der Waals surface area contributed by atoms with Crippen molar-refractivity contribution in [1.82, 2.24) is 5.32 Å². The summed E-state index contributed by atoms with van der Waals surface area (Å²) >= 11 is 11.9. The fourth-order valence-corrected chi connectivity index (χ4v) is 2.17. The Bertz CT molecular complexity index is 509. The monoisotopic (exact) mass is 332 g/mol. The first kappa shape index (κ1) is 17.8. The van der Waals surface area contributed by atoms with Crippen LogP contribution in [-0.2, 0) is 9.59 Å². The lowest BCUT2D eigenvalue weighted by atomic mass is 10.3. The van der Waals surface area contributed by atoms with Gasteiger partial charge in [-0.3, -0.25) is 9.59 Å².